The van der Waals surface area contributed by atoms with Gasteiger partial charge in [-0.1, -0.05) is 24.3 Å². The first-order valence-electron chi connectivity index (χ1n) is 8.40. The van der Waals surface area contributed by atoms with Gasteiger partial charge in [-0.05, 0) is 58.6 Å². The fourth-order valence-electron chi connectivity index (χ4n) is 3.22. The predicted molar refractivity (Wildman–Crippen MR) is 106 cm³/mol. The second-order valence-corrected chi connectivity index (χ2v) is 7.13. The summed E-state index contributed by atoms with van der Waals surface area (Å²) < 4.78 is 6.44. The van der Waals surface area contributed by atoms with Crippen molar-refractivity contribution < 1.29 is 14.1 Å². The van der Waals surface area contributed by atoms with Gasteiger partial charge in [0.25, 0.3) is 5.69 Å². The van der Waals surface area contributed by atoms with Crippen molar-refractivity contribution in [2.45, 2.75) is 12.8 Å². The molecule has 134 valence electrons. The van der Waals surface area contributed by atoms with Crippen LogP contribution < -0.4 is 0 Å². The predicted octanol–water partition coefficient (Wildman–Crippen LogP) is 5.83. The summed E-state index contributed by atoms with van der Waals surface area (Å²) in [7, 11) is 0. The van der Waals surface area contributed by atoms with Gasteiger partial charge < -0.3 is 4.42 Å². The number of hydrogen-bond donors (Lipinski definition) is 0. The van der Waals surface area contributed by atoms with Crippen LogP contribution in [0.2, 0.25) is 0 Å². The Morgan fingerprint density at radius 2 is 1.85 bits per heavy atom. The van der Waals surface area contributed by atoms with E-state index in [2.05, 4.69) is 15.9 Å². The Kier molecular flexibility index (Phi) is 4.49. The van der Waals surface area contributed by atoms with Crippen molar-refractivity contribution in [1.29, 1.82) is 0 Å². The lowest BCUT2D eigenvalue weighted by Crippen LogP contribution is -2.13. The lowest BCUT2D eigenvalue weighted by Gasteiger charge is -2.16. The number of benzene rings is 2. The third-order valence-corrected chi connectivity index (χ3v) is 5.25. The molecule has 1 aliphatic rings. The van der Waals surface area contributed by atoms with E-state index >= 15 is 0 Å². The highest BCUT2D eigenvalue weighted by Crippen LogP contribution is 2.33. The van der Waals surface area contributed by atoms with E-state index in [0.717, 1.165) is 23.1 Å². The molecule has 0 saturated carbocycles. The van der Waals surface area contributed by atoms with Crippen LogP contribution in [0.3, 0.4) is 0 Å². The third-order valence-electron chi connectivity index (χ3n) is 4.59. The van der Waals surface area contributed by atoms with Gasteiger partial charge in [0.05, 0.1) is 4.92 Å². The number of ketones is 1. The van der Waals surface area contributed by atoms with Gasteiger partial charge in [-0.15, -0.1) is 0 Å². The van der Waals surface area contributed by atoms with Gasteiger partial charge in [-0.25, -0.2) is 0 Å². The number of fused-ring (bicyclic) bond motifs is 1. The normalized spacial score (nSPS) is 15.0. The van der Waals surface area contributed by atoms with Crippen molar-refractivity contribution in [2.24, 2.45) is 0 Å². The standard InChI is InChI=1S/C21H14BrNO4/c22-19-12-15(23(25)26)7-9-18(19)20-10-8-16(27-20)11-14-6-5-13-3-1-2-4-17(13)21(14)24/h1-4,7-12H,5-6H2. The molecule has 0 fully saturated rings. The Hall–Kier alpha value is -2.99. The van der Waals surface area contributed by atoms with Crippen molar-refractivity contribution >= 4 is 33.5 Å². The second-order valence-electron chi connectivity index (χ2n) is 6.28. The zero-order chi connectivity index (χ0) is 19.0. The van der Waals surface area contributed by atoms with Crippen molar-refractivity contribution in [3.63, 3.8) is 0 Å². The number of carbonyl (C=O) groups is 1. The van der Waals surface area contributed by atoms with Gasteiger partial charge in [0.1, 0.15) is 11.5 Å². The fourth-order valence-corrected chi connectivity index (χ4v) is 3.78. The summed E-state index contributed by atoms with van der Waals surface area (Å²) in [6.07, 6.45) is 3.28. The Bertz CT molecular complexity index is 1100. The number of allylic oxidation sites excluding steroid dienone is 1. The molecular formula is C21H14BrNO4. The van der Waals surface area contributed by atoms with Gasteiger partial charge >= 0.3 is 0 Å². The van der Waals surface area contributed by atoms with Gasteiger partial charge in [-0.2, -0.15) is 0 Å². The van der Waals surface area contributed by atoms with Gasteiger partial charge in [0.15, 0.2) is 5.78 Å². The zero-order valence-electron chi connectivity index (χ0n) is 14.1. The molecule has 1 heterocycles. The number of halogens is 1. The van der Waals surface area contributed by atoms with Gasteiger partial charge in [-0.3, -0.25) is 14.9 Å². The molecular weight excluding hydrogens is 410 g/mol. The van der Waals surface area contributed by atoms with Crippen LogP contribution in [-0.2, 0) is 6.42 Å². The van der Waals surface area contributed by atoms with E-state index in [4.69, 9.17) is 4.42 Å². The molecule has 0 spiro atoms. The van der Waals surface area contributed by atoms with E-state index in [1.165, 1.54) is 12.1 Å². The number of Topliss-reactive ketones (excluding diaryl/α,β-unsaturated/α-hetero) is 1. The van der Waals surface area contributed by atoms with Crippen LogP contribution in [0, 0.1) is 10.1 Å². The van der Waals surface area contributed by atoms with Crippen molar-refractivity contribution in [3.05, 3.63) is 91.6 Å². The van der Waals surface area contributed by atoms with Crippen molar-refractivity contribution in [2.75, 3.05) is 0 Å². The molecule has 0 N–H and O–H groups in total. The molecule has 27 heavy (non-hydrogen) atoms. The molecule has 6 heteroatoms. The Morgan fingerprint density at radius 3 is 2.63 bits per heavy atom. The maximum Gasteiger partial charge on any atom is 0.270 e. The number of furan rings is 1. The maximum absolute atomic E-state index is 12.7. The van der Waals surface area contributed by atoms with E-state index in [1.807, 2.05) is 24.3 Å². The number of non-ortho nitro benzene ring substituents is 1. The second kappa shape index (κ2) is 6.96. The van der Waals surface area contributed by atoms with Gasteiger partial charge in [0, 0.05) is 33.3 Å². The molecule has 0 saturated heterocycles. The Labute approximate surface area is 163 Å². The average molecular weight is 424 g/mol. The number of nitrogens with zero attached hydrogens (tertiary/aromatic N) is 1. The van der Waals surface area contributed by atoms with Crippen LogP contribution in [0.25, 0.3) is 17.4 Å². The SMILES string of the molecule is O=C1C(=Cc2ccc(-c3ccc([N+](=O)[O-])cc3Br)o2)CCc2ccccc21. The van der Waals surface area contributed by atoms with E-state index < -0.39 is 4.92 Å². The monoisotopic (exact) mass is 423 g/mol. The molecule has 0 atom stereocenters. The molecule has 0 unspecified atom stereocenters. The summed E-state index contributed by atoms with van der Waals surface area (Å²) in [4.78, 5) is 23.1. The number of rotatable bonds is 3. The maximum atomic E-state index is 12.7. The van der Waals surface area contributed by atoms with Crippen LogP contribution >= 0.6 is 15.9 Å². The molecule has 0 bridgehead atoms. The topological polar surface area (TPSA) is 73.3 Å². The van der Waals surface area contributed by atoms with E-state index in [1.54, 1.807) is 24.3 Å². The summed E-state index contributed by atoms with van der Waals surface area (Å²) in [6, 6.07) is 15.8. The minimum absolute atomic E-state index is 0.00555. The van der Waals surface area contributed by atoms with Crippen LogP contribution in [0.4, 0.5) is 5.69 Å². The largest absolute Gasteiger partial charge is 0.457 e. The first-order valence-corrected chi connectivity index (χ1v) is 9.19. The lowest BCUT2D eigenvalue weighted by molar-refractivity contribution is -0.384. The van der Waals surface area contributed by atoms with E-state index in [0.29, 0.717) is 28.0 Å². The summed E-state index contributed by atoms with van der Waals surface area (Å²) in [6.45, 7) is 0. The molecule has 0 amide bonds. The minimum atomic E-state index is -0.445. The highest BCUT2D eigenvalue weighted by molar-refractivity contribution is 9.10. The van der Waals surface area contributed by atoms with E-state index in [9.17, 15) is 14.9 Å². The van der Waals surface area contributed by atoms with Crippen molar-refractivity contribution in [1.82, 2.24) is 0 Å². The molecule has 2 aromatic carbocycles. The molecule has 4 rings (SSSR count). The first kappa shape index (κ1) is 17.4. The lowest BCUT2D eigenvalue weighted by atomic mass is 9.86. The van der Waals surface area contributed by atoms with Crippen LogP contribution in [-0.4, -0.2) is 10.7 Å². The highest BCUT2D eigenvalue weighted by Gasteiger charge is 2.22. The van der Waals surface area contributed by atoms with Crippen molar-refractivity contribution in [3.8, 4) is 11.3 Å². The summed E-state index contributed by atoms with van der Waals surface area (Å²) in [5, 5.41) is 10.9. The minimum Gasteiger partial charge on any atom is -0.457 e. The Morgan fingerprint density at radius 1 is 1.04 bits per heavy atom. The third kappa shape index (κ3) is 3.36. The van der Waals surface area contributed by atoms with Crippen LogP contribution in [0.5, 0.6) is 0 Å². The fraction of sp³-hybridized carbons (Fsp3) is 0.0952. The summed E-state index contributed by atoms with van der Waals surface area (Å²) in [5.74, 6) is 1.19. The molecule has 1 aliphatic carbocycles. The quantitative estimate of drug-likeness (QED) is 0.301. The number of carbonyl (C=O) groups excluding carboxylic acids is 1. The number of aryl methyl sites for hydroxylation is 1. The average Bonchev–Trinajstić information content (AvgIpc) is 3.12. The number of hydrogen-bond acceptors (Lipinski definition) is 4. The first-order chi connectivity index (χ1) is 13.0. The number of nitro benzene ring substituents is 1. The molecule has 3 aromatic rings. The highest BCUT2D eigenvalue weighted by atomic mass is 79.9. The molecule has 5 nitrogen and oxygen atoms in total. The van der Waals surface area contributed by atoms with Gasteiger partial charge in [0.2, 0.25) is 0 Å². The summed E-state index contributed by atoms with van der Waals surface area (Å²) in [5.41, 5.74) is 3.27. The van der Waals surface area contributed by atoms with Crippen LogP contribution in [0.15, 0.2) is 69.1 Å². The molecule has 1 aromatic heterocycles. The van der Waals surface area contributed by atoms with E-state index in [-0.39, 0.29) is 11.5 Å². The number of nitro groups is 1. The van der Waals surface area contributed by atoms with Crippen LogP contribution in [0.1, 0.15) is 28.1 Å². The molecule has 0 aliphatic heterocycles. The smallest absolute Gasteiger partial charge is 0.270 e. The summed E-state index contributed by atoms with van der Waals surface area (Å²) >= 11 is 3.35. The Balaban J connectivity index is 1.63. The zero-order valence-corrected chi connectivity index (χ0v) is 15.7. The molecule has 0 radical (unpaired) electrons.